The van der Waals surface area contributed by atoms with Crippen LogP contribution in [0.2, 0.25) is 0 Å². The fourth-order valence-electron chi connectivity index (χ4n) is 3.54. The summed E-state index contributed by atoms with van der Waals surface area (Å²) in [6, 6.07) is 14.6. The lowest BCUT2D eigenvalue weighted by Crippen LogP contribution is -2.40. The molecule has 0 spiro atoms. The summed E-state index contributed by atoms with van der Waals surface area (Å²) in [4.78, 5) is 51.3. The van der Waals surface area contributed by atoms with E-state index in [-0.39, 0.29) is 17.8 Å². The Hall–Kier alpha value is -4.18. The van der Waals surface area contributed by atoms with Crippen molar-refractivity contribution in [2.45, 2.75) is 13.5 Å². The van der Waals surface area contributed by atoms with E-state index >= 15 is 0 Å². The molecule has 2 aromatic carbocycles. The number of aromatic nitrogens is 2. The average molecular weight is 480 g/mol. The van der Waals surface area contributed by atoms with Crippen molar-refractivity contribution in [3.05, 3.63) is 86.4 Å². The van der Waals surface area contributed by atoms with E-state index in [9.17, 15) is 19.2 Å². The molecule has 0 saturated carbocycles. The maximum Gasteiger partial charge on any atom is 0.339 e. The Bertz CT molecular complexity index is 1480. The molecule has 174 valence electrons. The first kappa shape index (κ1) is 23.0. The fraction of sp³-hybridized carbons (Fsp3) is 0.167. The largest absolute Gasteiger partial charge is 0.494 e. The second kappa shape index (κ2) is 9.75. The zero-order chi connectivity index (χ0) is 24.2. The highest BCUT2D eigenvalue weighted by Gasteiger charge is 2.19. The number of carbonyl (C=O) groups excluding carboxylic acids is 2. The van der Waals surface area contributed by atoms with E-state index in [2.05, 4.69) is 5.32 Å². The van der Waals surface area contributed by atoms with Crippen molar-refractivity contribution in [1.29, 1.82) is 0 Å². The Morgan fingerprint density at radius 2 is 1.76 bits per heavy atom. The summed E-state index contributed by atoms with van der Waals surface area (Å²) in [6.07, 6.45) is 0. The van der Waals surface area contributed by atoms with Gasteiger partial charge in [0.15, 0.2) is 0 Å². The van der Waals surface area contributed by atoms with Gasteiger partial charge in [0, 0.05) is 0 Å². The zero-order valence-electron chi connectivity index (χ0n) is 18.4. The highest BCUT2D eigenvalue weighted by Crippen LogP contribution is 2.19. The first-order chi connectivity index (χ1) is 16.4. The molecule has 2 aromatic heterocycles. The summed E-state index contributed by atoms with van der Waals surface area (Å²) in [5, 5.41) is 4.34. The Kier molecular flexibility index (Phi) is 6.60. The van der Waals surface area contributed by atoms with Crippen molar-refractivity contribution in [1.82, 2.24) is 9.13 Å². The summed E-state index contributed by atoms with van der Waals surface area (Å²) in [5.41, 5.74) is 0.0420. The topological polar surface area (TPSA) is 109 Å². The van der Waals surface area contributed by atoms with Crippen LogP contribution in [0.4, 0.5) is 5.69 Å². The van der Waals surface area contributed by atoms with Gasteiger partial charge in [0.05, 0.1) is 36.2 Å². The van der Waals surface area contributed by atoms with Crippen molar-refractivity contribution < 1.29 is 19.1 Å². The van der Waals surface area contributed by atoms with E-state index in [0.29, 0.717) is 28.3 Å². The molecule has 4 aromatic rings. The van der Waals surface area contributed by atoms with Crippen LogP contribution in [0.5, 0.6) is 5.75 Å². The molecule has 1 amide bonds. The third-order valence-electron chi connectivity index (χ3n) is 5.07. The van der Waals surface area contributed by atoms with Crippen molar-refractivity contribution in [3.63, 3.8) is 0 Å². The number of amides is 1. The van der Waals surface area contributed by atoms with Crippen molar-refractivity contribution in [2.24, 2.45) is 0 Å². The zero-order valence-corrected chi connectivity index (χ0v) is 19.3. The number of hydrogen-bond donors (Lipinski definition) is 1. The van der Waals surface area contributed by atoms with Gasteiger partial charge in [-0.2, -0.15) is 0 Å². The van der Waals surface area contributed by atoms with Crippen LogP contribution in [-0.2, 0) is 16.1 Å². The molecule has 2 heterocycles. The lowest BCUT2D eigenvalue weighted by Gasteiger charge is -2.14. The number of carbonyl (C=O) groups is 2. The first-order valence-electron chi connectivity index (χ1n) is 10.4. The van der Waals surface area contributed by atoms with Gasteiger partial charge in [-0.3, -0.25) is 14.2 Å². The third kappa shape index (κ3) is 4.35. The molecule has 1 N–H and O–H groups in total. The minimum atomic E-state index is -0.656. The van der Waals surface area contributed by atoms with E-state index in [1.165, 1.54) is 29.1 Å². The number of thiophene rings is 1. The number of esters is 1. The average Bonchev–Trinajstić information content (AvgIpc) is 3.33. The number of benzene rings is 2. The van der Waals surface area contributed by atoms with Gasteiger partial charge in [0.2, 0.25) is 5.91 Å². The Morgan fingerprint density at radius 3 is 2.47 bits per heavy atom. The number of para-hydroxylation sites is 1. The van der Waals surface area contributed by atoms with E-state index in [1.54, 1.807) is 53.9 Å². The number of nitrogens with one attached hydrogen (secondary N) is 1. The van der Waals surface area contributed by atoms with Gasteiger partial charge in [-0.1, -0.05) is 12.1 Å². The van der Waals surface area contributed by atoms with Crippen LogP contribution < -0.4 is 21.3 Å². The Balaban J connectivity index is 1.73. The minimum absolute atomic E-state index is 0.186. The Morgan fingerprint density at radius 1 is 1.03 bits per heavy atom. The minimum Gasteiger partial charge on any atom is -0.494 e. The molecule has 9 nitrogen and oxygen atoms in total. The molecule has 4 rings (SSSR count). The smallest absolute Gasteiger partial charge is 0.339 e. The second-order valence-electron chi connectivity index (χ2n) is 7.16. The number of ether oxygens (including phenoxy) is 2. The predicted molar refractivity (Wildman–Crippen MR) is 129 cm³/mol. The molecular weight excluding hydrogens is 458 g/mol. The van der Waals surface area contributed by atoms with Crippen LogP contribution in [0, 0.1) is 0 Å². The molecule has 0 aliphatic heterocycles. The van der Waals surface area contributed by atoms with E-state index < -0.39 is 23.1 Å². The van der Waals surface area contributed by atoms with Gasteiger partial charge >= 0.3 is 11.7 Å². The van der Waals surface area contributed by atoms with Gasteiger partial charge in [-0.25, -0.2) is 14.2 Å². The van der Waals surface area contributed by atoms with Gasteiger partial charge in [0.25, 0.3) is 5.56 Å². The normalized spacial score (nSPS) is 10.8. The van der Waals surface area contributed by atoms with Crippen molar-refractivity contribution in [2.75, 3.05) is 19.0 Å². The Labute approximate surface area is 197 Å². The molecule has 0 aliphatic carbocycles. The number of anilines is 1. The van der Waals surface area contributed by atoms with E-state index in [4.69, 9.17) is 9.47 Å². The predicted octanol–water partition coefficient (Wildman–Crippen LogP) is 3.04. The second-order valence-corrected chi connectivity index (χ2v) is 8.07. The number of fused-ring (bicyclic) bond motifs is 1. The molecule has 0 atom stereocenters. The summed E-state index contributed by atoms with van der Waals surface area (Å²) in [5.74, 6) is -0.527. The third-order valence-corrected chi connectivity index (χ3v) is 5.96. The number of rotatable bonds is 7. The van der Waals surface area contributed by atoms with Crippen LogP contribution in [0.1, 0.15) is 17.3 Å². The molecule has 10 heteroatoms. The van der Waals surface area contributed by atoms with Crippen molar-refractivity contribution >= 4 is 39.1 Å². The van der Waals surface area contributed by atoms with Gasteiger partial charge < -0.3 is 14.8 Å². The monoisotopic (exact) mass is 479 g/mol. The van der Waals surface area contributed by atoms with Gasteiger partial charge in [0.1, 0.15) is 17.0 Å². The maximum atomic E-state index is 13.4. The van der Waals surface area contributed by atoms with Gasteiger partial charge in [-0.15, -0.1) is 11.3 Å². The van der Waals surface area contributed by atoms with Crippen LogP contribution in [0.15, 0.2) is 69.6 Å². The molecule has 0 radical (unpaired) electrons. The lowest BCUT2D eigenvalue weighted by molar-refractivity contribution is -0.116. The summed E-state index contributed by atoms with van der Waals surface area (Å²) in [7, 11) is 1.25. The maximum absolute atomic E-state index is 13.4. The fourth-order valence-corrected chi connectivity index (χ4v) is 4.36. The van der Waals surface area contributed by atoms with Crippen LogP contribution >= 0.6 is 11.3 Å². The molecule has 0 fully saturated rings. The first-order valence-corrected chi connectivity index (χ1v) is 11.3. The molecule has 0 aliphatic rings. The summed E-state index contributed by atoms with van der Waals surface area (Å²) in [6.45, 7) is 1.98. The summed E-state index contributed by atoms with van der Waals surface area (Å²) >= 11 is 1.19. The molecule has 0 saturated heterocycles. The van der Waals surface area contributed by atoms with Gasteiger partial charge in [-0.05, 0) is 54.8 Å². The van der Waals surface area contributed by atoms with E-state index in [0.717, 1.165) is 4.57 Å². The number of nitrogens with zero attached hydrogens (tertiary/aromatic N) is 2. The van der Waals surface area contributed by atoms with Crippen LogP contribution in [0.25, 0.3) is 15.9 Å². The molecule has 34 heavy (non-hydrogen) atoms. The highest BCUT2D eigenvalue weighted by molar-refractivity contribution is 7.17. The van der Waals surface area contributed by atoms with Crippen molar-refractivity contribution in [3.8, 4) is 11.4 Å². The number of hydrogen-bond acceptors (Lipinski definition) is 7. The number of methoxy groups -OCH3 is 1. The van der Waals surface area contributed by atoms with Crippen LogP contribution in [-0.4, -0.2) is 34.7 Å². The summed E-state index contributed by atoms with van der Waals surface area (Å²) < 4.78 is 12.8. The van der Waals surface area contributed by atoms with E-state index in [1.807, 2.05) is 6.92 Å². The van der Waals surface area contributed by atoms with Crippen LogP contribution in [0.3, 0.4) is 0 Å². The molecule has 0 bridgehead atoms. The quantitative estimate of drug-likeness (QED) is 0.408. The molecule has 0 unspecified atom stereocenters. The molecular formula is C24H21N3O6S. The highest BCUT2D eigenvalue weighted by atomic mass is 32.1. The lowest BCUT2D eigenvalue weighted by atomic mass is 10.2. The SMILES string of the molecule is CCOc1ccc(-n2c(=O)c3sccc3n(CC(=O)Nc3ccccc3C(=O)OC)c2=O)cc1. The standard InChI is InChI=1S/C24H21N3O6S/c1-3-33-16-10-8-15(9-11-16)27-22(29)21-19(12-13-34-21)26(24(27)31)14-20(28)25-18-7-5-4-6-17(18)23(30)32-2/h4-13H,3,14H2,1-2H3,(H,25,28).